The molecule has 0 bridgehead atoms. The minimum Gasteiger partial charge on any atom is -0.385 e. The fourth-order valence-corrected chi connectivity index (χ4v) is 3.59. The van der Waals surface area contributed by atoms with Gasteiger partial charge < -0.3 is 23.8 Å². The third-order valence-electron chi connectivity index (χ3n) is 4.87. The van der Waals surface area contributed by atoms with Gasteiger partial charge in [-0.2, -0.15) is 0 Å². The van der Waals surface area contributed by atoms with E-state index in [4.69, 9.17) is 32.7 Å². The van der Waals surface area contributed by atoms with Gasteiger partial charge in [0.1, 0.15) is 6.54 Å². The highest BCUT2D eigenvalue weighted by Gasteiger charge is 2.24. The first-order valence-electron chi connectivity index (χ1n) is 9.97. The van der Waals surface area contributed by atoms with E-state index >= 15 is 0 Å². The molecule has 1 aromatic carbocycles. The van der Waals surface area contributed by atoms with Crippen molar-refractivity contribution in [2.45, 2.75) is 13.0 Å². The van der Waals surface area contributed by atoms with Gasteiger partial charge in [-0.1, -0.05) is 23.2 Å². The molecule has 0 aliphatic rings. The topological polar surface area (TPSA) is 64.0 Å². The van der Waals surface area contributed by atoms with E-state index in [0.29, 0.717) is 49.9 Å². The molecule has 0 unspecified atom stereocenters. The summed E-state index contributed by atoms with van der Waals surface area (Å²) in [6.07, 6.45) is 2.52. The molecule has 0 saturated heterocycles. The highest BCUT2D eigenvalue weighted by atomic mass is 35.5. The second-order valence-electron chi connectivity index (χ2n) is 7.12. The zero-order chi connectivity index (χ0) is 22.8. The SMILES string of the molecule is COCCCN(CC(=O)N(CCOC)Cc1cccn1C)C(=O)c1ccc(Cl)cc1Cl. The molecule has 0 spiro atoms. The van der Waals surface area contributed by atoms with Crippen molar-refractivity contribution in [3.05, 3.63) is 57.8 Å². The molecule has 170 valence electrons. The molecule has 7 nitrogen and oxygen atoms in total. The minimum atomic E-state index is -0.323. The third-order valence-corrected chi connectivity index (χ3v) is 5.42. The molecule has 2 amide bonds. The molecule has 2 aromatic rings. The van der Waals surface area contributed by atoms with Crippen LogP contribution in [0.15, 0.2) is 36.5 Å². The highest BCUT2D eigenvalue weighted by Crippen LogP contribution is 2.22. The van der Waals surface area contributed by atoms with E-state index in [2.05, 4.69) is 0 Å². The smallest absolute Gasteiger partial charge is 0.255 e. The molecule has 1 heterocycles. The first-order chi connectivity index (χ1) is 14.9. The van der Waals surface area contributed by atoms with Crippen molar-refractivity contribution in [1.29, 1.82) is 0 Å². The van der Waals surface area contributed by atoms with Crippen LogP contribution in [0.25, 0.3) is 0 Å². The van der Waals surface area contributed by atoms with Crippen LogP contribution in [0.4, 0.5) is 0 Å². The van der Waals surface area contributed by atoms with E-state index in [-0.39, 0.29) is 23.4 Å². The number of hydrogen-bond acceptors (Lipinski definition) is 4. The fraction of sp³-hybridized carbons (Fsp3) is 0.455. The molecule has 0 atom stereocenters. The van der Waals surface area contributed by atoms with Crippen LogP contribution >= 0.6 is 23.2 Å². The number of carbonyl (C=O) groups excluding carboxylic acids is 2. The molecular weight excluding hydrogens is 441 g/mol. The standard InChI is InChI=1S/C22H29Cl2N3O4/c1-25-9-4-6-18(25)15-26(11-13-31-3)21(28)16-27(10-5-12-30-2)22(29)19-8-7-17(23)14-20(19)24/h4,6-9,14H,5,10-13,15-16H2,1-3H3. The van der Waals surface area contributed by atoms with Crippen molar-refractivity contribution < 1.29 is 19.1 Å². The Kier molecular flexibility index (Phi) is 10.3. The Labute approximate surface area is 193 Å². The van der Waals surface area contributed by atoms with Crippen LogP contribution in [0.1, 0.15) is 22.5 Å². The lowest BCUT2D eigenvalue weighted by Gasteiger charge is -2.28. The van der Waals surface area contributed by atoms with Gasteiger partial charge in [0.15, 0.2) is 0 Å². The van der Waals surface area contributed by atoms with Crippen molar-refractivity contribution in [1.82, 2.24) is 14.4 Å². The van der Waals surface area contributed by atoms with Gasteiger partial charge in [-0.05, 0) is 36.8 Å². The van der Waals surface area contributed by atoms with Crippen LogP contribution in [0.2, 0.25) is 10.0 Å². The molecular formula is C22H29Cl2N3O4. The van der Waals surface area contributed by atoms with Gasteiger partial charge >= 0.3 is 0 Å². The monoisotopic (exact) mass is 469 g/mol. The fourth-order valence-electron chi connectivity index (χ4n) is 3.10. The van der Waals surface area contributed by atoms with Gasteiger partial charge in [0.25, 0.3) is 5.91 Å². The Hall–Kier alpha value is -2.06. The molecule has 0 aliphatic carbocycles. The Morgan fingerprint density at radius 1 is 1.03 bits per heavy atom. The van der Waals surface area contributed by atoms with E-state index in [1.54, 1.807) is 31.3 Å². The van der Waals surface area contributed by atoms with Crippen molar-refractivity contribution in [3.8, 4) is 0 Å². The molecule has 0 saturated carbocycles. The van der Waals surface area contributed by atoms with Gasteiger partial charge in [0.2, 0.25) is 5.91 Å². The van der Waals surface area contributed by atoms with Crippen LogP contribution in [0, 0.1) is 0 Å². The molecule has 2 rings (SSSR count). The van der Waals surface area contributed by atoms with Crippen molar-refractivity contribution >= 4 is 35.0 Å². The number of hydrogen-bond donors (Lipinski definition) is 0. The van der Waals surface area contributed by atoms with Crippen LogP contribution < -0.4 is 0 Å². The van der Waals surface area contributed by atoms with Crippen molar-refractivity contribution in [2.24, 2.45) is 7.05 Å². The lowest BCUT2D eigenvalue weighted by molar-refractivity contribution is -0.133. The lowest BCUT2D eigenvalue weighted by atomic mass is 10.2. The van der Waals surface area contributed by atoms with Crippen LogP contribution in [0.3, 0.4) is 0 Å². The summed E-state index contributed by atoms with van der Waals surface area (Å²) in [5.74, 6) is -0.495. The van der Waals surface area contributed by atoms with Gasteiger partial charge in [-0.3, -0.25) is 9.59 Å². The second kappa shape index (κ2) is 12.7. The second-order valence-corrected chi connectivity index (χ2v) is 7.96. The van der Waals surface area contributed by atoms with E-state index in [1.165, 1.54) is 11.0 Å². The largest absolute Gasteiger partial charge is 0.385 e. The molecule has 0 N–H and O–H groups in total. The lowest BCUT2D eigenvalue weighted by Crippen LogP contribution is -2.44. The van der Waals surface area contributed by atoms with E-state index in [9.17, 15) is 9.59 Å². The van der Waals surface area contributed by atoms with Crippen LogP contribution in [-0.2, 0) is 27.9 Å². The zero-order valence-electron chi connectivity index (χ0n) is 18.1. The number of carbonyl (C=O) groups is 2. The first kappa shape index (κ1) is 25.2. The quantitative estimate of drug-likeness (QED) is 0.446. The Bertz CT molecular complexity index is 872. The van der Waals surface area contributed by atoms with Crippen molar-refractivity contribution in [2.75, 3.05) is 47.1 Å². The molecule has 1 aromatic heterocycles. The summed E-state index contributed by atoms with van der Waals surface area (Å²) < 4.78 is 12.2. The Morgan fingerprint density at radius 2 is 1.77 bits per heavy atom. The molecule has 9 heteroatoms. The van der Waals surface area contributed by atoms with Crippen LogP contribution in [-0.4, -0.2) is 73.2 Å². The average molecular weight is 470 g/mol. The Balaban J connectivity index is 2.20. The summed E-state index contributed by atoms with van der Waals surface area (Å²) >= 11 is 12.2. The number of amides is 2. The number of methoxy groups -OCH3 is 2. The number of benzene rings is 1. The van der Waals surface area contributed by atoms with Gasteiger partial charge in [0.05, 0.1) is 23.7 Å². The van der Waals surface area contributed by atoms with E-state index in [1.807, 2.05) is 29.9 Å². The summed E-state index contributed by atoms with van der Waals surface area (Å²) in [7, 11) is 5.12. The van der Waals surface area contributed by atoms with Crippen molar-refractivity contribution in [3.63, 3.8) is 0 Å². The average Bonchev–Trinajstić information content (AvgIpc) is 3.14. The van der Waals surface area contributed by atoms with Gasteiger partial charge in [-0.15, -0.1) is 0 Å². The summed E-state index contributed by atoms with van der Waals surface area (Å²) in [5.41, 5.74) is 1.30. The zero-order valence-corrected chi connectivity index (χ0v) is 19.7. The predicted octanol–water partition coefficient (Wildman–Crippen LogP) is 3.49. The molecule has 0 fully saturated rings. The maximum atomic E-state index is 13.2. The Morgan fingerprint density at radius 3 is 2.39 bits per heavy atom. The minimum absolute atomic E-state index is 0.0738. The van der Waals surface area contributed by atoms with Gasteiger partial charge in [0, 0.05) is 57.9 Å². The summed E-state index contributed by atoms with van der Waals surface area (Å²) in [5, 5.41) is 0.693. The molecule has 0 radical (unpaired) electrons. The van der Waals surface area contributed by atoms with Crippen LogP contribution in [0.5, 0.6) is 0 Å². The number of ether oxygens (including phenoxy) is 2. The van der Waals surface area contributed by atoms with E-state index in [0.717, 1.165) is 5.69 Å². The molecule has 31 heavy (non-hydrogen) atoms. The number of rotatable bonds is 12. The molecule has 0 aliphatic heterocycles. The summed E-state index contributed by atoms with van der Waals surface area (Å²) in [4.78, 5) is 29.6. The van der Waals surface area contributed by atoms with E-state index < -0.39 is 0 Å². The number of aromatic nitrogens is 1. The summed E-state index contributed by atoms with van der Waals surface area (Å²) in [6, 6.07) is 8.59. The number of aryl methyl sites for hydroxylation is 1. The highest BCUT2D eigenvalue weighted by molar-refractivity contribution is 6.36. The van der Waals surface area contributed by atoms with Gasteiger partial charge in [-0.25, -0.2) is 0 Å². The number of nitrogens with zero attached hydrogens (tertiary/aromatic N) is 3. The third kappa shape index (κ3) is 7.54. The normalized spacial score (nSPS) is 10.9. The number of halogens is 2. The first-order valence-corrected chi connectivity index (χ1v) is 10.7. The maximum Gasteiger partial charge on any atom is 0.255 e. The predicted molar refractivity (Wildman–Crippen MR) is 122 cm³/mol. The maximum absolute atomic E-state index is 13.2. The summed E-state index contributed by atoms with van der Waals surface area (Å²) in [6.45, 7) is 2.00.